The molecule has 8 aromatic carbocycles. The van der Waals surface area contributed by atoms with E-state index in [0.29, 0.717) is 0 Å². The van der Waals surface area contributed by atoms with Gasteiger partial charge in [-0.15, -0.1) is 0 Å². The Morgan fingerprint density at radius 3 is 1.73 bits per heavy atom. The predicted molar refractivity (Wildman–Crippen MR) is 215 cm³/mol. The van der Waals surface area contributed by atoms with Crippen LogP contribution in [0, 0.1) is 5.82 Å². The molecule has 0 saturated carbocycles. The van der Waals surface area contributed by atoms with Crippen molar-refractivity contribution in [3.63, 3.8) is 0 Å². The van der Waals surface area contributed by atoms with Gasteiger partial charge in [-0.05, 0) is 83.9 Å². The van der Waals surface area contributed by atoms with Gasteiger partial charge in [0, 0.05) is 38.6 Å². The highest BCUT2D eigenvalue weighted by atomic mass is 19.1. The van der Waals surface area contributed by atoms with E-state index in [-0.39, 0.29) is 5.82 Å². The van der Waals surface area contributed by atoms with Crippen molar-refractivity contribution in [1.82, 2.24) is 9.13 Å². The van der Waals surface area contributed by atoms with Crippen molar-refractivity contribution in [2.45, 2.75) is 0 Å². The number of hydrogen-bond donors (Lipinski definition) is 0. The van der Waals surface area contributed by atoms with Crippen molar-refractivity contribution >= 4 is 60.7 Å². The summed E-state index contributed by atoms with van der Waals surface area (Å²) in [5.41, 5.74) is 11.6. The van der Waals surface area contributed by atoms with Crippen molar-refractivity contribution in [3.05, 3.63) is 200 Å². The number of halogens is 1. The summed E-state index contributed by atoms with van der Waals surface area (Å²) in [5.74, 6) is -0.263. The largest absolute Gasteiger partial charge is 0.309 e. The Morgan fingerprint density at radius 1 is 0.385 bits per heavy atom. The molecule has 0 amide bonds. The number of benzene rings is 8. The van der Waals surface area contributed by atoms with Gasteiger partial charge in [-0.2, -0.15) is 0 Å². The van der Waals surface area contributed by atoms with Gasteiger partial charge >= 0.3 is 0 Å². The van der Waals surface area contributed by atoms with Gasteiger partial charge in [-0.25, -0.2) is 4.39 Å². The lowest BCUT2D eigenvalue weighted by Gasteiger charge is -2.28. The lowest BCUT2D eigenvalue weighted by atomic mass is 10.0. The Morgan fingerprint density at radius 2 is 0.942 bits per heavy atom. The lowest BCUT2D eigenvalue weighted by Crippen LogP contribution is -2.12. The van der Waals surface area contributed by atoms with Gasteiger partial charge in [-0.3, -0.25) is 0 Å². The van der Waals surface area contributed by atoms with Gasteiger partial charge in [0.2, 0.25) is 0 Å². The predicted octanol–water partition coefficient (Wildman–Crippen LogP) is 13.2. The summed E-state index contributed by atoms with van der Waals surface area (Å²) in [5, 5.41) is 4.56. The van der Waals surface area contributed by atoms with Crippen molar-refractivity contribution in [3.8, 4) is 22.5 Å². The molecule has 0 aliphatic rings. The van der Waals surface area contributed by atoms with Crippen LogP contribution in [0.5, 0.6) is 0 Å². The number of aromatic nitrogens is 2. The third-order valence-electron chi connectivity index (χ3n) is 10.1. The van der Waals surface area contributed by atoms with Crippen LogP contribution in [-0.4, -0.2) is 9.13 Å². The molecule has 246 valence electrons. The molecule has 4 heteroatoms. The zero-order chi connectivity index (χ0) is 34.6. The van der Waals surface area contributed by atoms with Crippen LogP contribution in [0.3, 0.4) is 0 Å². The molecule has 0 saturated heterocycles. The topological polar surface area (TPSA) is 13.1 Å². The van der Waals surface area contributed by atoms with Crippen LogP contribution in [0.2, 0.25) is 0 Å². The molecule has 0 radical (unpaired) electrons. The summed E-state index contributed by atoms with van der Waals surface area (Å²) in [6, 6.07) is 67.0. The van der Waals surface area contributed by atoms with Gasteiger partial charge in [-0.1, -0.05) is 121 Å². The van der Waals surface area contributed by atoms with Gasteiger partial charge in [0.25, 0.3) is 0 Å². The monoisotopic (exact) mass is 669 g/mol. The van der Waals surface area contributed by atoms with Crippen molar-refractivity contribution in [2.24, 2.45) is 0 Å². The fourth-order valence-electron chi connectivity index (χ4n) is 7.97. The maximum Gasteiger partial charge on any atom is 0.125 e. The summed E-state index contributed by atoms with van der Waals surface area (Å²) < 4.78 is 19.3. The number of para-hydroxylation sites is 4. The van der Waals surface area contributed by atoms with Crippen molar-refractivity contribution in [2.75, 3.05) is 4.90 Å². The summed E-state index contributed by atoms with van der Waals surface area (Å²) in [6.07, 6.45) is 0. The minimum atomic E-state index is -0.263. The molecule has 0 spiro atoms. The Hall–Kier alpha value is -6.91. The minimum absolute atomic E-state index is 0.263. The second-order valence-corrected chi connectivity index (χ2v) is 13.1. The van der Waals surface area contributed by atoms with Gasteiger partial charge in [0.05, 0.1) is 33.4 Å². The molecule has 2 heterocycles. The number of rotatable bonds is 6. The Labute approximate surface area is 300 Å². The number of fused-ring (bicyclic) bond motifs is 6. The van der Waals surface area contributed by atoms with Gasteiger partial charge in [0.15, 0.2) is 0 Å². The molecule has 3 nitrogen and oxygen atoms in total. The first-order valence-electron chi connectivity index (χ1n) is 17.6. The van der Waals surface area contributed by atoms with E-state index in [1.807, 2.05) is 12.1 Å². The van der Waals surface area contributed by atoms with Crippen LogP contribution < -0.4 is 4.90 Å². The second kappa shape index (κ2) is 12.1. The van der Waals surface area contributed by atoms with E-state index in [4.69, 9.17) is 0 Å². The number of hydrogen-bond acceptors (Lipinski definition) is 1. The first-order valence-corrected chi connectivity index (χ1v) is 17.6. The molecule has 0 fully saturated rings. The quantitative estimate of drug-likeness (QED) is 0.172. The number of anilines is 3. The third-order valence-corrected chi connectivity index (χ3v) is 10.1. The molecule has 10 aromatic rings. The molecule has 10 rings (SSSR count). The van der Waals surface area contributed by atoms with E-state index in [1.54, 1.807) is 12.1 Å². The highest BCUT2D eigenvalue weighted by Gasteiger charge is 2.25. The first kappa shape index (κ1) is 30.0. The van der Waals surface area contributed by atoms with Crippen LogP contribution in [0.15, 0.2) is 194 Å². The molecule has 0 atom stereocenters. The van der Waals surface area contributed by atoms with Crippen LogP contribution in [0.1, 0.15) is 0 Å². The van der Waals surface area contributed by atoms with Crippen molar-refractivity contribution < 1.29 is 4.39 Å². The maximum atomic E-state index is 14.7. The molecular formula is C48H32FN3. The van der Waals surface area contributed by atoms with Crippen LogP contribution in [0.4, 0.5) is 21.5 Å². The summed E-state index contributed by atoms with van der Waals surface area (Å²) in [4.78, 5) is 2.39. The molecule has 52 heavy (non-hydrogen) atoms. The Balaban J connectivity index is 1.31. The van der Waals surface area contributed by atoms with E-state index < -0.39 is 0 Å². The highest BCUT2D eigenvalue weighted by molar-refractivity contribution is 6.19. The van der Waals surface area contributed by atoms with Crippen molar-refractivity contribution in [1.29, 1.82) is 0 Å². The smallest absolute Gasteiger partial charge is 0.125 e. The number of nitrogens with zero attached hydrogens (tertiary/aromatic N) is 3. The lowest BCUT2D eigenvalue weighted by molar-refractivity contribution is 0.627. The van der Waals surface area contributed by atoms with Gasteiger partial charge < -0.3 is 14.0 Å². The summed E-state index contributed by atoms with van der Waals surface area (Å²) in [6.45, 7) is 0. The molecule has 0 N–H and O–H groups in total. The van der Waals surface area contributed by atoms with Crippen LogP contribution in [-0.2, 0) is 0 Å². The fourth-order valence-corrected chi connectivity index (χ4v) is 7.97. The molecule has 0 bridgehead atoms. The third kappa shape index (κ3) is 4.73. The fraction of sp³-hybridized carbons (Fsp3) is 0. The van der Waals surface area contributed by atoms with E-state index in [2.05, 4.69) is 178 Å². The highest BCUT2D eigenvalue weighted by Crippen LogP contribution is 2.47. The van der Waals surface area contributed by atoms with E-state index in [0.717, 1.165) is 66.8 Å². The molecular weight excluding hydrogens is 638 g/mol. The second-order valence-electron chi connectivity index (χ2n) is 13.1. The molecule has 0 aliphatic heterocycles. The van der Waals surface area contributed by atoms with E-state index in [1.165, 1.54) is 22.4 Å². The van der Waals surface area contributed by atoms with E-state index >= 15 is 0 Å². The molecule has 2 aromatic heterocycles. The molecule has 0 unspecified atom stereocenters. The standard InChI is InChI=1S/C48H32FN3/c49-35-18-12-22-38(32-35)51-43-27-10-8-24-41(43)47-44(28-14-29-45(47)51)50(36-19-5-2-6-20-36)46-30-13-25-40-39-23-7-9-26-42(39)52(48(40)46)37-21-11-17-34(31-37)33-15-3-1-4-16-33/h1-32H. The Kier molecular flexibility index (Phi) is 7.00. The van der Waals surface area contributed by atoms with Crippen LogP contribution in [0.25, 0.3) is 66.1 Å². The SMILES string of the molecule is Fc1cccc(-n2c3ccccc3c3c(N(c4ccccc4)c4cccc5c6ccccc6n(-c6cccc(-c7ccccc7)c6)c45)cccc32)c1. The Bertz CT molecular complexity index is 2920. The summed E-state index contributed by atoms with van der Waals surface area (Å²) >= 11 is 0. The molecule has 0 aliphatic carbocycles. The minimum Gasteiger partial charge on any atom is -0.309 e. The normalized spacial score (nSPS) is 11.6. The maximum absolute atomic E-state index is 14.7. The van der Waals surface area contributed by atoms with Crippen LogP contribution >= 0.6 is 0 Å². The average molecular weight is 670 g/mol. The zero-order valence-electron chi connectivity index (χ0n) is 28.2. The van der Waals surface area contributed by atoms with E-state index in [9.17, 15) is 4.39 Å². The zero-order valence-corrected chi connectivity index (χ0v) is 28.2. The summed E-state index contributed by atoms with van der Waals surface area (Å²) in [7, 11) is 0. The van der Waals surface area contributed by atoms with Gasteiger partial charge in [0.1, 0.15) is 5.82 Å². The first-order chi connectivity index (χ1) is 25.7. The average Bonchev–Trinajstić information content (AvgIpc) is 3.73.